The lowest BCUT2D eigenvalue weighted by atomic mass is 10.1. The number of imidazole rings is 1. The van der Waals surface area contributed by atoms with Gasteiger partial charge < -0.3 is 9.97 Å². The van der Waals surface area contributed by atoms with E-state index in [-0.39, 0.29) is 0 Å². The van der Waals surface area contributed by atoms with Crippen LogP contribution in [0, 0.1) is 4.77 Å². The van der Waals surface area contributed by atoms with E-state index in [4.69, 9.17) is 12.2 Å². The molecule has 0 amide bonds. The molecule has 0 saturated heterocycles. The van der Waals surface area contributed by atoms with Gasteiger partial charge in [-0.05, 0) is 24.2 Å². The predicted octanol–water partition coefficient (Wildman–Crippen LogP) is 3.23. The van der Waals surface area contributed by atoms with E-state index in [9.17, 15) is 0 Å². The molecule has 0 aliphatic rings. The summed E-state index contributed by atoms with van der Waals surface area (Å²) in [4.78, 5) is 6.38. The summed E-state index contributed by atoms with van der Waals surface area (Å²) in [6, 6.07) is 10.4. The maximum Gasteiger partial charge on any atom is 0.174 e. The van der Waals surface area contributed by atoms with Gasteiger partial charge in [0.1, 0.15) is 0 Å². The Bertz CT molecular complexity index is 482. The Labute approximate surface area is 94.4 Å². The maximum absolute atomic E-state index is 5.09. The first kappa shape index (κ1) is 10.2. The summed E-state index contributed by atoms with van der Waals surface area (Å²) < 4.78 is 0.720. The van der Waals surface area contributed by atoms with Gasteiger partial charge in [-0.1, -0.05) is 37.3 Å². The number of nitrogens with one attached hydrogen (secondary N) is 2. The van der Waals surface area contributed by atoms with Gasteiger partial charge in [-0.3, -0.25) is 0 Å². The number of hydrogen-bond acceptors (Lipinski definition) is 1. The molecule has 2 aromatic rings. The number of aromatic nitrogens is 2. The predicted molar refractivity (Wildman–Crippen MR) is 64.6 cm³/mol. The van der Waals surface area contributed by atoms with Crippen molar-refractivity contribution < 1.29 is 0 Å². The Morgan fingerprint density at radius 3 is 2.40 bits per heavy atom. The van der Waals surface area contributed by atoms with Crippen molar-refractivity contribution in [2.24, 2.45) is 0 Å². The van der Waals surface area contributed by atoms with Crippen molar-refractivity contribution >= 4 is 12.2 Å². The number of rotatable bonds is 3. The van der Waals surface area contributed by atoms with Crippen LogP contribution >= 0.6 is 12.2 Å². The lowest BCUT2D eigenvalue weighted by molar-refractivity contribution is 0.999. The minimum absolute atomic E-state index is 0.720. The molecule has 0 unspecified atom stereocenters. The summed E-state index contributed by atoms with van der Waals surface area (Å²) in [6.07, 6.45) is 1.90. The van der Waals surface area contributed by atoms with Crippen molar-refractivity contribution in [3.05, 3.63) is 52.1 Å². The molecular formula is C12H14N2S. The maximum atomic E-state index is 5.09. The lowest BCUT2D eigenvalue weighted by Crippen LogP contribution is -1.93. The Balaban J connectivity index is 2.28. The minimum atomic E-state index is 0.720. The Kier molecular flexibility index (Phi) is 3.02. The van der Waals surface area contributed by atoms with Crippen LogP contribution in [-0.4, -0.2) is 9.97 Å². The second kappa shape index (κ2) is 4.45. The zero-order chi connectivity index (χ0) is 10.7. The third-order valence-corrected chi connectivity index (χ3v) is 2.67. The smallest absolute Gasteiger partial charge is 0.174 e. The molecule has 0 spiro atoms. The summed E-state index contributed by atoms with van der Waals surface area (Å²) >= 11 is 5.09. The summed E-state index contributed by atoms with van der Waals surface area (Å²) in [5.41, 5.74) is 3.72. The molecule has 1 heterocycles. The molecule has 0 aliphatic heterocycles. The van der Waals surface area contributed by atoms with Crippen LogP contribution in [0.5, 0.6) is 0 Å². The van der Waals surface area contributed by atoms with Gasteiger partial charge in [0, 0.05) is 17.8 Å². The van der Waals surface area contributed by atoms with Gasteiger partial charge in [-0.2, -0.15) is 0 Å². The second-order valence-corrected chi connectivity index (χ2v) is 3.96. The normalized spacial score (nSPS) is 10.5. The fourth-order valence-corrected chi connectivity index (χ4v) is 1.96. The molecule has 2 rings (SSSR count). The van der Waals surface area contributed by atoms with Crippen LogP contribution in [0.4, 0.5) is 0 Å². The van der Waals surface area contributed by atoms with E-state index in [1.165, 1.54) is 17.0 Å². The number of aromatic amines is 2. The van der Waals surface area contributed by atoms with Crippen molar-refractivity contribution in [2.75, 3.05) is 0 Å². The van der Waals surface area contributed by atoms with Crippen molar-refractivity contribution in [3.63, 3.8) is 0 Å². The van der Waals surface area contributed by atoms with Gasteiger partial charge in [0.2, 0.25) is 0 Å². The van der Waals surface area contributed by atoms with Crippen LogP contribution in [0.2, 0.25) is 0 Å². The van der Waals surface area contributed by atoms with Gasteiger partial charge in [0.15, 0.2) is 4.77 Å². The second-order valence-electron chi connectivity index (χ2n) is 3.55. The average Bonchev–Trinajstić information content (AvgIpc) is 2.60. The summed E-state index contributed by atoms with van der Waals surface area (Å²) in [5, 5.41) is 0. The van der Waals surface area contributed by atoms with Crippen LogP contribution in [-0.2, 0) is 12.8 Å². The molecule has 1 aromatic heterocycles. The Hall–Kier alpha value is -1.35. The molecule has 0 aliphatic carbocycles. The van der Waals surface area contributed by atoms with Gasteiger partial charge in [-0.25, -0.2) is 0 Å². The van der Waals surface area contributed by atoms with E-state index in [0.717, 1.165) is 17.6 Å². The van der Waals surface area contributed by atoms with Crippen molar-refractivity contribution in [1.82, 2.24) is 9.97 Å². The van der Waals surface area contributed by atoms with Gasteiger partial charge in [0.05, 0.1) is 0 Å². The molecule has 1 aromatic carbocycles. The fraction of sp³-hybridized carbons (Fsp3) is 0.250. The molecule has 0 bridgehead atoms. The van der Waals surface area contributed by atoms with E-state index in [0.29, 0.717) is 0 Å². The van der Waals surface area contributed by atoms with E-state index >= 15 is 0 Å². The quantitative estimate of drug-likeness (QED) is 0.761. The van der Waals surface area contributed by atoms with Crippen LogP contribution < -0.4 is 0 Å². The molecule has 78 valence electrons. The number of hydrogen-bond donors (Lipinski definition) is 2. The third kappa shape index (κ3) is 2.36. The van der Waals surface area contributed by atoms with E-state index < -0.39 is 0 Å². The molecule has 2 N–H and O–H groups in total. The third-order valence-electron chi connectivity index (χ3n) is 2.47. The molecular weight excluding hydrogens is 204 g/mol. The van der Waals surface area contributed by atoms with Crippen LogP contribution in [0.3, 0.4) is 0 Å². The molecule has 0 atom stereocenters. The largest absolute Gasteiger partial charge is 0.334 e. The van der Waals surface area contributed by atoms with Crippen LogP contribution in [0.15, 0.2) is 30.3 Å². The summed E-state index contributed by atoms with van der Waals surface area (Å²) in [5.74, 6) is 0. The van der Waals surface area contributed by atoms with Gasteiger partial charge >= 0.3 is 0 Å². The number of H-pyrrole nitrogens is 2. The van der Waals surface area contributed by atoms with Crippen molar-refractivity contribution in [2.45, 2.75) is 19.8 Å². The summed E-state index contributed by atoms with van der Waals surface area (Å²) in [6.45, 7) is 2.13. The Morgan fingerprint density at radius 1 is 1.07 bits per heavy atom. The zero-order valence-electron chi connectivity index (χ0n) is 8.71. The molecule has 0 radical (unpaired) electrons. The Morgan fingerprint density at radius 2 is 1.73 bits per heavy atom. The van der Waals surface area contributed by atoms with E-state index in [1.807, 2.05) is 6.07 Å². The first-order valence-corrected chi connectivity index (χ1v) is 5.54. The highest BCUT2D eigenvalue weighted by atomic mass is 32.1. The van der Waals surface area contributed by atoms with Gasteiger partial charge in [-0.15, -0.1) is 0 Å². The van der Waals surface area contributed by atoms with Crippen LogP contribution in [0.1, 0.15) is 23.9 Å². The number of benzene rings is 1. The van der Waals surface area contributed by atoms with Crippen molar-refractivity contribution in [1.29, 1.82) is 0 Å². The van der Waals surface area contributed by atoms with Crippen LogP contribution in [0.25, 0.3) is 0 Å². The van der Waals surface area contributed by atoms with E-state index in [1.54, 1.807) is 0 Å². The monoisotopic (exact) mass is 218 g/mol. The highest BCUT2D eigenvalue weighted by Gasteiger charge is 2.04. The first-order valence-electron chi connectivity index (χ1n) is 5.13. The topological polar surface area (TPSA) is 31.6 Å². The summed E-state index contributed by atoms with van der Waals surface area (Å²) in [7, 11) is 0. The number of aryl methyl sites for hydroxylation is 1. The highest BCUT2D eigenvalue weighted by molar-refractivity contribution is 7.71. The fourth-order valence-electron chi connectivity index (χ4n) is 1.71. The SMILES string of the molecule is CCc1[nH]c(=S)[nH]c1Cc1ccccc1. The lowest BCUT2D eigenvalue weighted by Gasteiger charge is -2.01. The average molecular weight is 218 g/mol. The molecule has 0 fully saturated rings. The molecule has 15 heavy (non-hydrogen) atoms. The minimum Gasteiger partial charge on any atom is -0.334 e. The zero-order valence-corrected chi connectivity index (χ0v) is 9.53. The molecule has 2 nitrogen and oxygen atoms in total. The molecule has 0 saturated carbocycles. The van der Waals surface area contributed by atoms with E-state index in [2.05, 4.69) is 41.2 Å². The molecule has 3 heteroatoms. The van der Waals surface area contributed by atoms with Crippen molar-refractivity contribution in [3.8, 4) is 0 Å². The first-order chi connectivity index (χ1) is 7.29. The van der Waals surface area contributed by atoms with Gasteiger partial charge in [0.25, 0.3) is 0 Å². The highest BCUT2D eigenvalue weighted by Crippen LogP contribution is 2.11. The standard InChI is InChI=1S/C12H14N2S/c1-2-10-11(14-12(15)13-10)8-9-6-4-3-5-7-9/h3-7H,2,8H2,1H3,(H2,13,14,15).